The molecule has 3 aromatic rings. The van der Waals surface area contributed by atoms with Crippen LogP contribution in [0.15, 0.2) is 42.5 Å². The van der Waals surface area contributed by atoms with Crippen LogP contribution in [-0.4, -0.2) is 27.8 Å². The molecule has 0 aliphatic heterocycles. The fourth-order valence-electron chi connectivity index (χ4n) is 2.52. The third-order valence-corrected chi connectivity index (χ3v) is 4.26. The topological polar surface area (TPSA) is 83.0 Å². The van der Waals surface area contributed by atoms with E-state index in [9.17, 15) is 4.79 Å². The van der Waals surface area contributed by atoms with E-state index in [2.05, 4.69) is 10.2 Å². The highest BCUT2D eigenvalue weighted by molar-refractivity contribution is 6.32. The predicted octanol–water partition coefficient (Wildman–Crippen LogP) is 3.67. The minimum Gasteiger partial charge on any atom is -0.465 e. The number of carbonyl (C=O) groups excluding carboxylic acids is 1. The maximum Gasteiger partial charge on any atom is 0.338 e. The number of esters is 1. The smallest absolute Gasteiger partial charge is 0.338 e. The Balaban J connectivity index is 1.96. The number of nitrogen functional groups attached to an aromatic ring is 1. The first kappa shape index (κ1) is 17.7. The van der Waals surface area contributed by atoms with Crippen molar-refractivity contribution in [2.24, 2.45) is 7.05 Å². The quantitative estimate of drug-likeness (QED) is 0.561. The monoisotopic (exact) mass is 368 g/mol. The number of rotatable bonds is 4. The summed E-state index contributed by atoms with van der Waals surface area (Å²) in [6, 6.07) is 12.5. The molecule has 1 heterocycles. The molecule has 0 atom stereocenters. The first-order valence-corrected chi connectivity index (χ1v) is 8.19. The second-order valence-corrected chi connectivity index (χ2v) is 6.00. The summed E-state index contributed by atoms with van der Waals surface area (Å²) in [5.74, 6) is 0.872. The van der Waals surface area contributed by atoms with Crippen LogP contribution in [-0.2, 0) is 11.8 Å². The summed E-state index contributed by atoms with van der Waals surface area (Å²) in [5.41, 5.74) is 8.26. The molecule has 0 spiro atoms. The number of hydrogen-bond acceptors (Lipinski definition) is 5. The summed E-state index contributed by atoms with van der Waals surface area (Å²) in [7, 11) is 3.19. The van der Waals surface area contributed by atoms with E-state index in [1.54, 1.807) is 30.4 Å². The standard InChI is InChI=1S/C19H17ClN4O2/c1-24-17(22-23-18(24)12-6-8-13(21)9-7-12)11-10-14-15(19(25)26-2)4-3-5-16(14)20/h3-11H,21H2,1-2H3. The molecule has 132 valence electrons. The molecule has 3 rings (SSSR count). The zero-order chi connectivity index (χ0) is 18.7. The van der Waals surface area contributed by atoms with Gasteiger partial charge in [0.2, 0.25) is 0 Å². The van der Waals surface area contributed by atoms with Crippen molar-refractivity contribution in [3.05, 3.63) is 64.4 Å². The number of carbonyl (C=O) groups is 1. The third kappa shape index (κ3) is 3.45. The minimum atomic E-state index is -0.451. The highest BCUT2D eigenvalue weighted by Gasteiger charge is 2.13. The van der Waals surface area contributed by atoms with Crippen molar-refractivity contribution < 1.29 is 9.53 Å². The molecule has 0 fully saturated rings. The number of benzene rings is 2. The van der Waals surface area contributed by atoms with Gasteiger partial charge in [0.15, 0.2) is 11.6 Å². The van der Waals surface area contributed by atoms with Gasteiger partial charge in [-0.25, -0.2) is 4.79 Å². The zero-order valence-electron chi connectivity index (χ0n) is 14.3. The largest absolute Gasteiger partial charge is 0.465 e. The van der Waals surface area contributed by atoms with Gasteiger partial charge in [0, 0.05) is 28.9 Å². The van der Waals surface area contributed by atoms with Crippen LogP contribution < -0.4 is 5.73 Å². The van der Waals surface area contributed by atoms with Gasteiger partial charge in [-0.15, -0.1) is 10.2 Å². The first-order chi connectivity index (χ1) is 12.5. The number of ether oxygens (including phenoxy) is 1. The number of aromatic nitrogens is 3. The number of anilines is 1. The second-order valence-electron chi connectivity index (χ2n) is 5.59. The molecule has 2 N–H and O–H groups in total. The summed E-state index contributed by atoms with van der Waals surface area (Å²) in [6.45, 7) is 0. The van der Waals surface area contributed by atoms with Crippen molar-refractivity contribution in [1.29, 1.82) is 0 Å². The SMILES string of the molecule is COC(=O)c1cccc(Cl)c1C=Cc1nnc(-c2ccc(N)cc2)n1C. The van der Waals surface area contributed by atoms with Crippen molar-refractivity contribution in [3.8, 4) is 11.4 Å². The summed E-state index contributed by atoms with van der Waals surface area (Å²) in [4.78, 5) is 11.9. The van der Waals surface area contributed by atoms with Gasteiger partial charge in [0.25, 0.3) is 0 Å². The van der Waals surface area contributed by atoms with E-state index >= 15 is 0 Å². The predicted molar refractivity (Wildman–Crippen MR) is 103 cm³/mol. The highest BCUT2D eigenvalue weighted by Crippen LogP contribution is 2.24. The lowest BCUT2D eigenvalue weighted by molar-refractivity contribution is 0.0600. The van der Waals surface area contributed by atoms with Crippen LogP contribution in [0.1, 0.15) is 21.7 Å². The molecule has 1 aromatic heterocycles. The zero-order valence-corrected chi connectivity index (χ0v) is 15.1. The lowest BCUT2D eigenvalue weighted by Crippen LogP contribution is -2.03. The van der Waals surface area contributed by atoms with Crippen molar-refractivity contribution >= 4 is 35.4 Å². The van der Waals surface area contributed by atoms with Crippen LogP contribution >= 0.6 is 11.6 Å². The van der Waals surface area contributed by atoms with E-state index < -0.39 is 5.97 Å². The Kier molecular flexibility index (Phi) is 5.04. The van der Waals surface area contributed by atoms with Gasteiger partial charge in [-0.1, -0.05) is 17.7 Å². The number of methoxy groups -OCH3 is 1. The summed E-state index contributed by atoms with van der Waals surface area (Å²) < 4.78 is 6.65. The van der Waals surface area contributed by atoms with Gasteiger partial charge in [-0.2, -0.15) is 0 Å². The number of nitrogens with two attached hydrogens (primary N) is 1. The molecule has 0 amide bonds. The van der Waals surface area contributed by atoms with E-state index in [0.29, 0.717) is 33.5 Å². The van der Waals surface area contributed by atoms with Crippen molar-refractivity contribution in [1.82, 2.24) is 14.8 Å². The minimum absolute atomic E-state index is 0.386. The molecular weight excluding hydrogens is 352 g/mol. The number of hydrogen-bond donors (Lipinski definition) is 1. The molecule has 0 saturated carbocycles. The molecule has 0 radical (unpaired) electrons. The number of halogens is 1. The van der Waals surface area contributed by atoms with E-state index in [4.69, 9.17) is 22.1 Å². The van der Waals surface area contributed by atoms with Crippen LogP contribution in [0.4, 0.5) is 5.69 Å². The Morgan fingerprint density at radius 3 is 2.58 bits per heavy atom. The summed E-state index contributed by atoms with van der Waals surface area (Å²) in [6.07, 6.45) is 3.48. The Morgan fingerprint density at radius 2 is 1.88 bits per heavy atom. The van der Waals surface area contributed by atoms with E-state index in [-0.39, 0.29) is 0 Å². The molecule has 0 aliphatic carbocycles. The van der Waals surface area contributed by atoms with Gasteiger partial charge in [0.1, 0.15) is 0 Å². The second kappa shape index (κ2) is 7.41. The molecule has 0 saturated heterocycles. The Bertz CT molecular complexity index is 978. The van der Waals surface area contributed by atoms with Crippen LogP contribution in [0, 0.1) is 0 Å². The molecule has 26 heavy (non-hydrogen) atoms. The van der Waals surface area contributed by atoms with Crippen molar-refractivity contribution in [2.75, 3.05) is 12.8 Å². The third-order valence-electron chi connectivity index (χ3n) is 3.93. The molecule has 0 aliphatic rings. The van der Waals surface area contributed by atoms with Crippen LogP contribution in [0.2, 0.25) is 5.02 Å². The number of nitrogens with zero attached hydrogens (tertiary/aromatic N) is 3. The molecule has 6 nitrogen and oxygen atoms in total. The molecular formula is C19H17ClN4O2. The fourth-order valence-corrected chi connectivity index (χ4v) is 2.76. The molecule has 7 heteroatoms. The molecule has 2 aromatic carbocycles. The first-order valence-electron chi connectivity index (χ1n) is 7.81. The van der Waals surface area contributed by atoms with Gasteiger partial charge < -0.3 is 15.0 Å². The normalized spacial score (nSPS) is 11.0. The maximum atomic E-state index is 11.9. The van der Waals surface area contributed by atoms with Gasteiger partial charge in [-0.05, 0) is 48.6 Å². The average molecular weight is 369 g/mol. The van der Waals surface area contributed by atoms with Crippen LogP contribution in [0.25, 0.3) is 23.5 Å². The van der Waals surface area contributed by atoms with Crippen molar-refractivity contribution in [2.45, 2.75) is 0 Å². The molecule has 0 bridgehead atoms. The summed E-state index contributed by atoms with van der Waals surface area (Å²) >= 11 is 6.24. The maximum absolute atomic E-state index is 11.9. The molecule has 0 unspecified atom stereocenters. The lowest BCUT2D eigenvalue weighted by Gasteiger charge is -2.06. The fraction of sp³-hybridized carbons (Fsp3) is 0.105. The lowest BCUT2D eigenvalue weighted by atomic mass is 10.1. The highest BCUT2D eigenvalue weighted by atomic mass is 35.5. The van der Waals surface area contributed by atoms with E-state index in [1.807, 2.05) is 35.9 Å². The van der Waals surface area contributed by atoms with Gasteiger partial charge in [-0.3, -0.25) is 0 Å². The Labute approximate surface area is 155 Å². The van der Waals surface area contributed by atoms with Gasteiger partial charge in [0.05, 0.1) is 12.7 Å². The Morgan fingerprint density at radius 1 is 1.15 bits per heavy atom. The van der Waals surface area contributed by atoms with Crippen LogP contribution in [0.3, 0.4) is 0 Å². The van der Waals surface area contributed by atoms with Gasteiger partial charge >= 0.3 is 5.97 Å². The van der Waals surface area contributed by atoms with Crippen molar-refractivity contribution in [3.63, 3.8) is 0 Å². The Hall–Kier alpha value is -3.12. The van der Waals surface area contributed by atoms with Crippen LogP contribution in [0.5, 0.6) is 0 Å². The summed E-state index contributed by atoms with van der Waals surface area (Å²) in [5, 5.41) is 8.86. The average Bonchev–Trinajstić information content (AvgIpc) is 3.01. The van der Waals surface area contributed by atoms with E-state index in [0.717, 1.165) is 5.56 Å². The van der Waals surface area contributed by atoms with E-state index in [1.165, 1.54) is 7.11 Å².